The first-order valence-electron chi connectivity index (χ1n) is 8.31. The number of carbonyl (C=O) groups is 2. The number of rotatable bonds is 7. The van der Waals surface area contributed by atoms with Crippen LogP contribution in [0.3, 0.4) is 0 Å². The Morgan fingerprint density at radius 2 is 2.04 bits per heavy atom. The van der Waals surface area contributed by atoms with E-state index in [4.69, 9.17) is 5.73 Å². The summed E-state index contributed by atoms with van der Waals surface area (Å²) >= 11 is 1.35. The Kier molecular flexibility index (Phi) is 5.48. The Labute approximate surface area is 155 Å². The fraction of sp³-hybridized carbons (Fsp3) is 0.211. The Bertz CT molecular complexity index is 912. The molecule has 0 atom stereocenters. The Morgan fingerprint density at radius 1 is 1.27 bits per heavy atom. The van der Waals surface area contributed by atoms with E-state index in [-0.39, 0.29) is 5.91 Å². The van der Waals surface area contributed by atoms with Crippen molar-refractivity contribution < 1.29 is 9.59 Å². The van der Waals surface area contributed by atoms with Crippen LogP contribution in [0.4, 0.5) is 5.13 Å². The van der Waals surface area contributed by atoms with E-state index in [2.05, 4.69) is 46.5 Å². The van der Waals surface area contributed by atoms with E-state index in [0.717, 1.165) is 18.4 Å². The second kappa shape index (κ2) is 7.97. The second-order valence-corrected chi connectivity index (χ2v) is 6.95. The van der Waals surface area contributed by atoms with Gasteiger partial charge >= 0.3 is 0 Å². The summed E-state index contributed by atoms with van der Waals surface area (Å²) in [5, 5.41) is 5.20. The summed E-state index contributed by atoms with van der Waals surface area (Å²) < 4.78 is 0. The van der Waals surface area contributed by atoms with Crippen LogP contribution >= 0.6 is 11.3 Å². The predicted molar refractivity (Wildman–Crippen MR) is 103 cm³/mol. The van der Waals surface area contributed by atoms with Gasteiger partial charge in [-0.15, -0.1) is 11.3 Å². The molecule has 2 heterocycles. The van der Waals surface area contributed by atoms with E-state index in [1.807, 2.05) is 5.38 Å². The van der Waals surface area contributed by atoms with Gasteiger partial charge in [0.1, 0.15) is 5.69 Å². The smallest absolute Gasteiger partial charge is 0.265 e. The first kappa shape index (κ1) is 17.9. The highest BCUT2D eigenvalue weighted by Crippen LogP contribution is 2.25. The molecule has 4 N–H and O–H groups in total. The van der Waals surface area contributed by atoms with Crippen LogP contribution in [0.15, 0.2) is 41.9 Å². The summed E-state index contributed by atoms with van der Waals surface area (Å²) in [5.41, 5.74) is 9.47. The first-order chi connectivity index (χ1) is 12.5. The zero-order chi connectivity index (χ0) is 18.5. The van der Waals surface area contributed by atoms with Crippen molar-refractivity contribution in [2.24, 2.45) is 5.73 Å². The van der Waals surface area contributed by atoms with Crippen LogP contribution in [0, 0.1) is 6.92 Å². The van der Waals surface area contributed by atoms with Gasteiger partial charge in [-0.05, 0) is 31.4 Å². The molecule has 7 heteroatoms. The standard InChI is InChI=1S/C19H20N4O2S/c1-12-5-7-13(8-6-12)3-2-4-17(24)23-19-22-16(11-26-19)14-9-15(18(20)25)21-10-14/h5-11,21H,2-4H2,1H3,(H2,20,25)(H,22,23,24). The molecule has 0 aliphatic rings. The highest BCUT2D eigenvalue weighted by atomic mass is 32.1. The van der Waals surface area contributed by atoms with Gasteiger partial charge in [-0.25, -0.2) is 4.98 Å². The fourth-order valence-corrected chi connectivity index (χ4v) is 3.27. The van der Waals surface area contributed by atoms with Crippen molar-refractivity contribution in [3.63, 3.8) is 0 Å². The number of benzene rings is 1. The molecule has 1 aromatic carbocycles. The summed E-state index contributed by atoms with van der Waals surface area (Å²) in [6, 6.07) is 9.99. The molecule has 0 saturated heterocycles. The van der Waals surface area contributed by atoms with E-state index in [9.17, 15) is 9.59 Å². The zero-order valence-electron chi connectivity index (χ0n) is 14.4. The minimum atomic E-state index is -0.520. The number of aromatic nitrogens is 2. The van der Waals surface area contributed by atoms with Crippen LogP contribution in [-0.2, 0) is 11.2 Å². The molecule has 3 rings (SSSR count). The number of hydrogen-bond donors (Lipinski definition) is 3. The van der Waals surface area contributed by atoms with Gasteiger partial charge in [-0.2, -0.15) is 0 Å². The Morgan fingerprint density at radius 3 is 2.73 bits per heavy atom. The molecule has 0 unspecified atom stereocenters. The van der Waals surface area contributed by atoms with Gasteiger partial charge < -0.3 is 16.0 Å². The van der Waals surface area contributed by atoms with Crippen LogP contribution in [0.25, 0.3) is 11.3 Å². The highest BCUT2D eigenvalue weighted by molar-refractivity contribution is 7.14. The van der Waals surface area contributed by atoms with Crippen molar-refractivity contribution in [1.82, 2.24) is 9.97 Å². The monoisotopic (exact) mass is 368 g/mol. The average Bonchev–Trinajstić information content (AvgIpc) is 3.26. The Hall–Kier alpha value is -2.93. The summed E-state index contributed by atoms with van der Waals surface area (Å²) in [5.74, 6) is -0.571. The minimum absolute atomic E-state index is 0.0510. The second-order valence-electron chi connectivity index (χ2n) is 6.09. The SMILES string of the molecule is Cc1ccc(CCCC(=O)Nc2nc(-c3c[nH]c(C(N)=O)c3)cs2)cc1. The lowest BCUT2D eigenvalue weighted by atomic mass is 10.1. The fourth-order valence-electron chi connectivity index (χ4n) is 2.54. The third-order valence-corrected chi connectivity index (χ3v) is 4.74. The number of thiazole rings is 1. The number of hydrogen-bond acceptors (Lipinski definition) is 4. The van der Waals surface area contributed by atoms with E-state index in [1.165, 1.54) is 22.5 Å². The van der Waals surface area contributed by atoms with Gasteiger partial charge in [-0.1, -0.05) is 29.8 Å². The molecule has 0 aliphatic heterocycles. The van der Waals surface area contributed by atoms with E-state index in [0.29, 0.717) is 22.9 Å². The van der Waals surface area contributed by atoms with Crippen molar-refractivity contribution in [2.45, 2.75) is 26.2 Å². The van der Waals surface area contributed by atoms with Gasteiger partial charge in [0, 0.05) is 23.6 Å². The maximum atomic E-state index is 12.1. The van der Waals surface area contributed by atoms with Crippen molar-refractivity contribution >= 4 is 28.3 Å². The molecular formula is C19H20N4O2S. The van der Waals surface area contributed by atoms with Crippen LogP contribution in [0.5, 0.6) is 0 Å². The van der Waals surface area contributed by atoms with Gasteiger partial charge in [0.15, 0.2) is 5.13 Å². The molecule has 0 bridgehead atoms. The molecule has 2 amide bonds. The number of aryl methyl sites for hydroxylation is 2. The molecule has 0 radical (unpaired) electrons. The van der Waals surface area contributed by atoms with Gasteiger partial charge in [0.2, 0.25) is 5.91 Å². The number of carbonyl (C=O) groups excluding carboxylic acids is 2. The van der Waals surface area contributed by atoms with E-state index < -0.39 is 5.91 Å². The first-order valence-corrected chi connectivity index (χ1v) is 9.19. The van der Waals surface area contributed by atoms with Crippen LogP contribution in [-0.4, -0.2) is 21.8 Å². The maximum Gasteiger partial charge on any atom is 0.265 e. The quantitative estimate of drug-likeness (QED) is 0.595. The third-order valence-electron chi connectivity index (χ3n) is 3.98. The molecule has 134 valence electrons. The van der Waals surface area contributed by atoms with Crippen LogP contribution < -0.4 is 11.1 Å². The molecule has 0 aliphatic carbocycles. The largest absolute Gasteiger partial charge is 0.364 e. The lowest BCUT2D eigenvalue weighted by Crippen LogP contribution is -2.11. The highest BCUT2D eigenvalue weighted by Gasteiger charge is 2.11. The van der Waals surface area contributed by atoms with Crippen LogP contribution in [0.1, 0.15) is 34.5 Å². The third kappa shape index (κ3) is 4.58. The predicted octanol–water partition coefficient (Wildman–Crippen LogP) is 3.51. The van der Waals surface area contributed by atoms with Gasteiger partial charge in [0.05, 0.1) is 5.69 Å². The molecule has 0 fully saturated rings. The molecule has 26 heavy (non-hydrogen) atoms. The zero-order valence-corrected chi connectivity index (χ0v) is 15.2. The molecule has 6 nitrogen and oxygen atoms in total. The number of aromatic amines is 1. The number of nitrogens with zero attached hydrogens (tertiary/aromatic N) is 1. The number of amides is 2. The summed E-state index contributed by atoms with van der Waals surface area (Å²) in [6.45, 7) is 2.06. The van der Waals surface area contributed by atoms with Crippen LogP contribution in [0.2, 0.25) is 0 Å². The topological polar surface area (TPSA) is 101 Å². The summed E-state index contributed by atoms with van der Waals surface area (Å²) in [6.07, 6.45) is 3.77. The summed E-state index contributed by atoms with van der Waals surface area (Å²) in [7, 11) is 0. The molecular weight excluding hydrogens is 348 g/mol. The molecule has 0 saturated carbocycles. The molecule has 0 spiro atoms. The van der Waals surface area contributed by atoms with E-state index >= 15 is 0 Å². The lowest BCUT2D eigenvalue weighted by molar-refractivity contribution is -0.116. The lowest BCUT2D eigenvalue weighted by Gasteiger charge is -2.03. The maximum absolute atomic E-state index is 12.1. The molecule has 2 aromatic heterocycles. The number of nitrogens with one attached hydrogen (secondary N) is 2. The number of primary amides is 1. The van der Waals surface area contributed by atoms with E-state index in [1.54, 1.807) is 12.3 Å². The minimum Gasteiger partial charge on any atom is -0.364 e. The Balaban J connectivity index is 1.50. The molecule has 3 aromatic rings. The van der Waals surface area contributed by atoms with Gasteiger partial charge in [-0.3, -0.25) is 9.59 Å². The summed E-state index contributed by atoms with van der Waals surface area (Å²) in [4.78, 5) is 30.4. The number of nitrogens with two attached hydrogens (primary N) is 1. The van der Waals surface area contributed by atoms with Crippen molar-refractivity contribution in [3.05, 3.63) is 58.7 Å². The van der Waals surface area contributed by atoms with Gasteiger partial charge in [0.25, 0.3) is 5.91 Å². The average molecular weight is 368 g/mol. The number of H-pyrrole nitrogens is 1. The normalized spacial score (nSPS) is 10.7. The van der Waals surface area contributed by atoms with Crippen molar-refractivity contribution in [2.75, 3.05) is 5.32 Å². The van der Waals surface area contributed by atoms with Crippen molar-refractivity contribution in [1.29, 1.82) is 0 Å². The number of anilines is 1. The van der Waals surface area contributed by atoms with Crippen molar-refractivity contribution in [3.8, 4) is 11.3 Å².